The zero-order valence-corrected chi connectivity index (χ0v) is 32.7. The zero-order valence-electron chi connectivity index (χ0n) is 31.2. The molecule has 2 amide bonds. The highest BCUT2D eigenvalue weighted by atomic mass is 35.5. The van der Waals surface area contributed by atoms with Gasteiger partial charge in [-0.15, -0.1) is 0 Å². The maximum Gasteiger partial charge on any atom is 0.408 e. The van der Waals surface area contributed by atoms with Crippen LogP contribution < -0.4 is 15.5 Å². The van der Waals surface area contributed by atoms with Crippen LogP contribution in [-0.2, 0) is 22.4 Å². The molecule has 0 aliphatic heterocycles. The number of ether oxygens (including phenoxy) is 1. The molecular formula is C43H45Cl2N5O4. The van der Waals surface area contributed by atoms with Gasteiger partial charge in [-0.3, -0.25) is 9.78 Å². The number of nitrogens with one attached hydrogen (secondary N) is 2. The third kappa shape index (κ3) is 7.70. The summed E-state index contributed by atoms with van der Waals surface area (Å²) in [6.07, 6.45) is 6.05. The molecule has 11 heteroatoms. The average molecular weight is 767 g/mol. The average Bonchev–Trinajstić information content (AvgIpc) is 3.52. The van der Waals surface area contributed by atoms with Gasteiger partial charge in [-0.25, -0.2) is 9.78 Å². The lowest BCUT2D eigenvalue weighted by molar-refractivity contribution is -0.123. The summed E-state index contributed by atoms with van der Waals surface area (Å²) in [5, 5.41) is 16.4. The van der Waals surface area contributed by atoms with Crippen molar-refractivity contribution in [3.63, 3.8) is 0 Å². The summed E-state index contributed by atoms with van der Waals surface area (Å²) >= 11 is 12.7. The van der Waals surface area contributed by atoms with Gasteiger partial charge in [0.15, 0.2) is 5.75 Å². The number of anilines is 2. The van der Waals surface area contributed by atoms with Crippen molar-refractivity contribution < 1.29 is 19.4 Å². The maximum atomic E-state index is 13.2. The number of hydrogen-bond acceptors (Lipinski definition) is 7. The van der Waals surface area contributed by atoms with Gasteiger partial charge in [-0.05, 0) is 124 Å². The van der Waals surface area contributed by atoms with E-state index < -0.39 is 17.7 Å². The Labute approximate surface area is 326 Å². The van der Waals surface area contributed by atoms with E-state index in [0.717, 1.165) is 60.9 Å². The Morgan fingerprint density at radius 3 is 2.39 bits per heavy atom. The van der Waals surface area contributed by atoms with Crippen LogP contribution in [0.15, 0.2) is 72.9 Å². The molecular weight excluding hydrogens is 721 g/mol. The van der Waals surface area contributed by atoms with Crippen LogP contribution in [0.4, 0.5) is 16.2 Å². The summed E-state index contributed by atoms with van der Waals surface area (Å²) in [5.74, 6) is -0.402. The Hall–Kier alpha value is -4.86. The predicted molar refractivity (Wildman–Crippen MR) is 216 cm³/mol. The van der Waals surface area contributed by atoms with E-state index >= 15 is 0 Å². The van der Waals surface area contributed by atoms with Gasteiger partial charge in [0.05, 0.1) is 26.9 Å². The quantitative estimate of drug-likeness (QED) is 0.141. The monoisotopic (exact) mass is 765 g/mol. The van der Waals surface area contributed by atoms with Crippen molar-refractivity contribution in [2.24, 2.45) is 0 Å². The molecule has 2 aliphatic carbocycles. The fourth-order valence-electron chi connectivity index (χ4n) is 7.65. The van der Waals surface area contributed by atoms with Crippen molar-refractivity contribution in [3.8, 4) is 28.1 Å². The second-order valence-electron chi connectivity index (χ2n) is 15.3. The number of aromatic hydroxyl groups is 1. The number of aromatic nitrogens is 2. The number of carbonyl (C=O) groups excluding carboxylic acids is 2. The van der Waals surface area contributed by atoms with Crippen LogP contribution in [0.1, 0.15) is 77.0 Å². The number of phenols is 1. The van der Waals surface area contributed by atoms with Crippen LogP contribution in [0.5, 0.6) is 5.75 Å². The summed E-state index contributed by atoms with van der Waals surface area (Å²) in [7, 11) is 0. The van der Waals surface area contributed by atoms with E-state index in [2.05, 4.69) is 58.9 Å². The number of carbonyl (C=O) groups is 2. The number of pyridine rings is 2. The van der Waals surface area contributed by atoms with Gasteiger partial charge in [0.2, 0.25) is 5.91 Å². The lowest BCUT2D eigenvalue weighted by Crippen LogP contribution is -2.50. The summed E-state index contributed by atoms with van der Waals surface area (Å²) in [6.45, 7) is 9.22. The van der Waals surface area contributed by atoms with Crippen molar-refractivity contribution in [1.29, 1.82) is 0 Å². The molecule has 3 aromatic carbocycles. The minimum Gasteiger partial charge on any atom is -0.505 e. The van der Waals surface area contributed by atoms with Crippen molar-refractivity contribution in [2.75, 3.05) is 4.90 Å². The van der Waals surface area contributed by atoms with Crippen molar-refractivity contribution in [2.45, 2.75) is 96.9 Å². The van der Waals surface area contributed by atoms with E-state index in [4.69, 9.17) is 37.9 Å². The summed E-state index contributed by atoms with van der Waals surface area (Å²) in [4.78, 5) is 37.9. The Balaban J connectivity index is 1.25. The molecule has 1 saturated carbocycles. The minimum absolute atomic E-state index is 0.0432. The van der Waals surface area contributed by atoms with Gasteiger partial charge in [-0.1, -0.05) is 60.5 Å². The van der Waals surface area contributed by atoms with Crippen molar-refractivity contribution >= 4 is 57.6 Å². The molecule has 7 rings (SSSR count). The van der Waals surface area contributed by atoms with E-state index in [0.29, 0.717) is 11.3 Å². The van der Waals surface area contributed by atoms with Gasteiger partial charge in [0.1, 0.15) is 17.2 Å². The number of nitrogens with zero attached hydrogens (tertiary/aromatic N) is 3. The molecule has 0 saturated heterocycles. The van der Waals surface area contributed by atoms with Crippen molar-refractivity contribution in [1.82, 2.24) is 20.6 Å². The zero-order chi connectivity index (χ0) is 38.3. The molecule has 0 radical (unpaired) electrons. The molecule has 9 nitrogen and oxygen atoms in total. The molecule has 5 aromatic rings. The van der Waals surface area contributed by atoms with E-state index in [-0.39, 0.29) is 33.8 Å². The van der Waals surface area contributed by atoms with Gasteiger partial charge in [0, 0.05) is 36.0 Å². The van der Waals surface area contributed by atoms with Crippen LogP contribution in [0, 0.1) is 0 Å². The Kier molecular flexibility index (Phi) is 10.5. The van der Waals surface area contributed by atoms with Gasteiger partial charge < -0.3 is 25.4 Å². The van der Waals surface area contributed by atoms with Crippen molar-refractivity contribution in [3.05, 3.63) is 99.7 Å². The number of alkyl carbamates (subject to hydrolysis) is 1. The number of rotatable bonds is 8. The molecule has 54 heavy (non-hydrogen) atoms. The van der Waals surface area contributed by atoms with Crippen LogP contribution in [-0.4, -0.2) is 50.8 Å². The molecule has 3 N–H and O–H groups in total. The molecule has 2 aromatic heterocycles. The number of hydrogen-bond donors (Lipinski definition) is 3. The molecule has 1 fully saturated rings. The predicted octanol–water partition coefficient (Wildman–Crippen LogP) is 9.92. The van der Waals surface area contributed by atoms with E-state index in [1.807, 2.05) is 24.4 Å². The standard InChI is InChI=1S/C43H45Cl2N5O4/c1-6-25-19-31-30-10-8-7-9-26(30)21-32(31)38(20-25)50(29-13-11-28(12-14-29)48-41(52)24(2)47-42(53)54-43(3,4)5)37-17-18-46-36-16-15-35(49-39(36)37)27-22-33(44)40(51)34(45)23-27/h7-10,15-20,22-24,28-29,51H,6,11-14,21H2,1-5H3,(H,47,53)(H,48,52). The third-order valence-corrected chi connectivity index (χ3v) is 10.9. The molecule has 2 heterocycles. The van der Waals surface area contributed by atoms with Gasteiger partial charge in [0.25, 0.3) is 0 Å². The number of amides is 2. The first kappa shape index (κ1) is 37.5. The summed E-state index contributed by atoms with van der Waals surface area (Å²) in [6, 6.07) is 21.8. The Bertz CT molecular complexity index is 2220. The molecule has 2 aliphatic rings. The van der Waals surface area contributed by atoms with E-state index in [1.54, 1.807) is 39.8 Å². The molecule has 280 valence electrons. The maximum absolute atomic E-state index is 13.2. The second kappa shape index (κ2) is 15.1. The molecule has 1 atom stereocenters. The minimum atomic E-state index is -0.739. The lowest BCUT2D eigenvalue weighted by Gasteiger charge is -2.40. The Morgan fingerprint density at radius 2 is 1.69 bits per heavy atom. The first-order valence-electron chi connectivity index (χ1n) is 18.6. The topological polar surface area (TPSA) is 117 Å². The number of halogens is 2. The van der Waals surface area contributed by atoms with Crippen LogP contribution in [0.25, 0.3) is 33.4 Å². The molecule has 0 spiro atoms. The highest BCUT2D eigenvalue weighted by molar-refractivity contribution is 6.37. The summed E-state index contributed by atoms with van der Waals surface area (Å²) < 4.78 is 5.35. The lowest BCUT2D eigenvalue weighted by atomic mass is 9.88. The van der Waals surface area contributed by atoms with E-state index in [9.17, 15) is 14.7 Å². The van der Waals surface area contributed by atoms with Crippen LogP contribution in [0.2, 0.25) is 10.0 Å². The fourth-order valence-corrected chi connectivity index (χ4v) is 8.13. The highest BCUT2D eigenvalue weighted by Crippen LogP contribution is 2.47. The second-order valence-corrected chi connectivity index (χ2v) is 16.1. The molecule has 1 unspecified atom stereocenters. The Morgan fingerprint density at radius 1 is 0.963 bits per heavy atom. The highest BCUT2D eigenvalue weighted by Gasteiger charge is 2.34. The van der Waals surface area contributed by atoms with Gasteiger partial charge >= 0.3 is 6.09 Å². The van der Waals surface area contributed by atoms with Crippen LogP contribution in [0.3, 0.4) is 0 Å². The third-order valence-electron chi connectivity index (χ3n) is 10.3. The smallest absolute Gasteiger partial charge is 0.408 e. The summed E-state index contributed by atoms with van der Waals surface area (Å²) in [5.41, 5.74) is 10.6. The SMILES string of the molecule is CCc1cc2c(c(N(c3ccnc4ccc(-c5cc(Cl)c(O)c(Cl)c5)nc34)C3CCC(NC(=O)C(C)NC(=O)OC(C)(C)C)CC3)c1)Cc1ccccc1-2. The van der Waals surface area contributed by atoms with Gasteiger partial charge in [-0.2, -0.15) is 0 Å². The number of aryl methyl sites for hydroxylation is 1. The molecule has 0 bridgehead atoms. The first-order chi connectivity index (χ1) is 25.8. The fraction of sp³-hybridized carbons (Fsp3) is 0.349. The normalized spacial score (nSPS) is 17.0. The van der Waals surface area contributed by atoms with Crippen LogP contribution >= 0.6 is 23.2 Å². The number of fused-ring (bicyclic) bond motifs is 4. The first-order valence-corrected chi connectivity index (χ1v) is 19.3. The largest absolute Gasteiger partial charge is 0.505 e. The number of phenolic OH excluding ortho intramolecular Hbond substituents is 1. The number of benzene rings is 3. The van der Waals surface area contributed by atoms with E-state index in [1.165, 1.54) is 27.8 Å².